The maximum atomic E-state index is 5.70. The lowest BCUT2D eigenvalue weighted by Gasteiger charge is -2.18. The lowest BCUT2D eigenvalue weighted by atomic mass is 9.89. The Morgan fingerprint density at radius 3 is 3.18 bits per heavy atom. The zero-order chi connectivity index (χ0) is 14.9. The summed E-state index contributed by atoms with van der Waals surface area (Å²) in [6.07, 6.45) is 9.25. The van der Waals surface area contributed by atoms with E-state index in [1.165, 1.54) is 47.9 Å². The zero-order valence-corrected chi connectivity index (χ0v) is 13.9. The molecule has 1 aliphatic heterocycles. The molecule has 1 N–H and O–H groups in total. The van der Waals surface area contributed by atoms with Crippen LogP contribution in [0.25, 0.3) is 10.2 Å². The number of aromatic nitrogens is 2. The van der Waals surface area contributed by atoms with Crippen molar-refractivity contribution in [3.05, 3.63) is 16.8 Å². The predicted octanol–water partition coefficient (Wildman–Crippen LogP) is 3.80. The van der Waals surface area contributed by atoms with Crippen LogP contribution in [0.3, 0.4) is 0 Å². The highest BCUT2D eigenvalue weighted by molar-refractivity contribution is 7.19. The smallest absolute Gasteiger partial charge is 0.138 e. The summed E-state index contributed by atoms with van der Waals surface area (Å²) in [7, 11) is 0. The van der Waals surface area contributed by atoms with Gasteiger partial charge in [0, 0.05) is 18.0 Å². The van der Waals surface area contributed by atoms with Gasteiger partial charge < -0.3 is 10.1 Å². The Bertz CT molecular complexity index is 663. The number of rotatable bonds is 4. The van der Waals surface area contributed by atoms with Gasteiger partial charge in [0.25, 0.3) is 0 Å². The van der Waals surface area contributed by atoms with E-state index in [4.69, 9.17) is 4.74 Å². The van der Waals surface area contributed by atoms with Crippen molar-refractivity contribution in [3.8, 4) is 0 Å². The number of ether oxygens (including phenoxy) is 1. The normalized spacial score (nSPS) is 24.6. The van der Waals surface area contributed by atoms with Gasteiger partial charge in [-0.05, 0) is 50.0 Å². The summed E-state index contributed by atoms with van der Waals surface area (Å²) in [6.45, 7) is 4.20. The molecule has 3 heterocycles. The monoisotopic (exact) mass is 317 g/mol. The summed E-state index contributed by atoms with van der Waals surface area (Å²) < 4.78 is 5.70. The topological polar surface area (TPSA) is 47.0 Å². The van der Waals surface area contributed by atoms with Crippen LogP contribution in [0.2, 0.25) is 0 Å². The number of hydrogen-bond donors (Lipinski definition) is 1. The van der Waals surface area contributed by atoms with Crippen molar-refractivity contribution in [1.29, 1.82) is 0 Å². The van der Waals surface area contributed by atoms with Crippen LogP contribution in [0.5, 0.6) is 0 Å². The molecule has 0 aromatic carbocycles. The lowest BCUT2D eigenvalue weighted by Crippen LogP contribution is -2.14. The van der Waals surface area contributed by atoms with Gasteiger partial charge in [-0.15, -0.1) is 11.3 Å². The van der Waals surface area contributed by atoms with Crippen LogP contribution in [0, 0.1) is 5.92 Å². The van der Waals surface area contributed by atoms with E-state index in [0.29, 0.717) is 6.10 Å². The second kappa shape index (κ2) is 6.13. The van der Waals surface area contributed by atoms with E-state index in [-0.39, 0.29) is 0 Å². The van der Waals surface area contributed by atoms with E-state index >= 15 is 0 Å². The number of fused-ring (bicyclic) bond motifs is 3. The van der Waals surface area contributed by atoms with Gasteiger partial charge in [-0.25, -0.2) is 9.97 Å². The maximum Gasteiger partial charge on any atom is 0.138 e. The van der Waals surface area contributed by atoms with Crippen molar-refractivity contribution in [1.82, 2.24) is 9.97 Å². The van der Waals surface area contributed by atoms with Crippen LogP contribution >= 0.6 is 11.3 Å². The molecule has 0 unspecified atom stereocenters. The molecule has 0 radical (unpaired) electrons. The molecule has 4 rings (SSSR count). The summed E-state index contributed by atoms with van der Waals surface area (Å²) in [5, 5.41) is 4.82. The average molecular weight is 317 g/mol. The minimum atomic E-state index is 0.432. The molecule has 0 bridgehead atoms. The molecule has 22 heavy (non-hydrogen) atoms. The second-order valence-corrected chi connectivity index (χ2v) is 7.69. The third-order valence-corrected chi connectivity index (χ3v) is 6.04. The van der Waals surface area contributed by atoms with Gasteiger partial charge in [-0.1, -0.05) is 6.92 Å². The van der Waals surface area contributed by atoms with E-state index < -0.39 is 0 Å². The van der Waals surface area contributed by atoms with Crippen molar-refractivity contribution in [2.45, 2.75) is 51.6 Å². The molecule has 0 amide bonds. The lowest BCUT2D eigenvalue weighted by molar-refractivity contribution is 0.107. The summed E-state index contributed by atoms with van der Waals surface area (Å²) in [5.74, 6) is 1.82. The van der Waals surface area contributed by atoms with Crippen LogP contribution in [-0.4, -0.2) is 29.2 Å². The summed E-state index contributed by atoms with van der Waals surface area (Å²) in [6, 6.07) is 0. The van der Waals surface area contributed by atoms with Gasteiger partial charge in [0.1, 0.15) is 17.0 Å². The molecule has 1 aliphatic carbocycles. The fourth-order valence-electron chi connectivity index (χ4n) is 3.63. The van der Waals surface area contributed by atoms with E-state index in [0.717, 1.165) is 36.1 Å². The summed E-state index contributed by atoms with van der Waals surface area (Å²) in [5.41, 5.74) is 1.50. The fraction of sp³-hybridized carbons (Fsp3) is 0.647. The Balaban J connectivity index is 1.55. The molecule has 0 saturated carbocycles. The first-order valence-electron chi connectivity index (χ1n) is 8.42. The van der Waals surface area contributed by atoms with Gasteiger partial charge >= 0.3 is 0 Å². The van der Waals surface area contributed by atoms with Crippen molar-refractivity contribution in [2.24, 2.45) is 5.92 Å². The average Bonchev–Trinajstić information content (AvgIpc) is 3.14. The van der Waals surface area contributed by atoms with Crippen LogP contribution < -0.4 is 5.32 Å². The van der Waals surface area contributed by atoms with Crippen LogP contribution in [0.4, 0.5) is 5.82 Å². The van der Waals surface area contributed by atoms with E-state index in [9.17, 15) is 0 Å². The molecule has 2 atom stereocenters. The highest BCUT2D eigenvalue weighted by atomic mass is 32.1. The standard InChI is InChI=1S/C17H23N3OS/c1-11-4-5-13-14(9-11)22-17-15(13)16(19-10-20-17)18-7-6-12-3-2-8-21-12/h10-12H,2-9H2,1H3,(H,18,19,20)/t11-,12+/m1/s1. The number of hydrogen-bond acceptors (Lipinski definition) is 5. The van der Waals surface area contributed by atoms with E-state index in [1.54, 1.807) is 6.33 Å². The second-order valence-electron chi connectivity index (χ2n) is 6.60. The molecule has 1 fully saturated rings. The molecule has 2 aromatic heterocycles. The largest absolute Gasteiger partial charge is 0.378 e. The molecular formula is C17H23N3OS. The van der Waals surface area contributed by atoms with Gasteiger partial charge in [0.15, 0.2) is 0 Å². The highest BCUT2D eigenvalue weighted by Gasteiger charge is 2.23. The Kier molecular flexibility index (Phi) is 4.01. The Morgan fingerprint density at radius 1 is 1.36 bits per heavy atom. The van der Waals surface area contributed by atoms with Gasteiger partial charge in [-0.3, -0.25) is 0 Å². The summed E-state index contributed by atoms with van der Waals surface area (Å²) in [4.78, 5) is 11.7. The number of aryl methyl sites for hydroxylation is 1. The molecular weight excluding hydrogens is 294 g/mol. The molecule has 2 aliphatic rings. The Hall–Kier alpha value is -1.20. The van der Waals surface area contributed by atoms with Gasteiger partial charge in [-0.2, -0.15) is 0 Å². The molecule has 0 spiro atoms. The third-order valence-electron chi connectivity index (χ3n) is 4.87. The van der Waals surface area contributed by atoms with Crippen molar-refractivity contribution in [2.75, 3.05) is 18.5 Å². The Morgan fingerprint density at radius 2 is 2.32 bits per heavy atom. The number of thiophene rings is 1. The predicted molar refractivity (Wildman–Crippen MR) is 90.7 cm³/mol. The third kappa shape index (κ3) is 2.72. The molecule has 2 aromatic rings. The van der Waals surface area contributed by atoms with E-state index in [1.807, 2.05) is 11.3 Å². The maximum absolute atomic E-state index is 5.70. The SMILES string of the molecule is C[C@@H]1CCc2c(sc3ncnc(NCC[C@@H]4CCCO4)c23)C1. The Labute approximate surface area is 135 Å². The van der Waals surface area contributed by atoms with Crippen molar-refractivity contribution < 1.29 is 4.74 Å². The molecule has 1 saturated heterocycles. The van der Waals surface area contributed by atoms with E-state index in [2.05, 4.69) is 22.2 Å². The van der Waals surface area contributed by atoms with Crippen LogP contribution in [-0.2, 0) is 17.6 Å². The van der Waals surface area contributed by atoms with Crippen molar-refractivity contribution in [3.63, 3.8) is 0 Å². The molecule has 4 nitrogen and oxygen atoms in total. The quantitative estimate of drug-likeness (QED) is 0.932. The number of nitrogens with one attached hydrogen (secondary N) is 1. The molecule has 118 valence electrons. The first-order chi connectivity index (χ1) is 10.8. The summed E-state index contributed by atoms with van der Waals surface area (Å²) >= 11 is 1.86. The van der Waals surface area contributed by atoms with Gasteiger partial charge in [0.05, 0.1) is 11.5 Å². The number of nitrogens with zero attached hydrogens (tertiary/aromatic N) is 2. The highest BCUT2D eigenvalue weighted by Crippen LogP contribution is 2.39. The first kappa shape index (κ1) is 14.4. The first-order valence-corrected chi connectivity index (χ1v) is 9.23. The van der Waals surface area contributed by atoms with Gasteiger partial charge in [0.2, 0.25) is 0 Å². The minimum absolute atomic E-state index is 0.432. The van der Waals surface area contributed by atoms with Crippen LogP contribution in [0.1, 0.15) is 43.0 Å². The number of anilines is 1. The minimum Gasteiger partial charge on any atom is -0.378 e. The van der Waals surface area contributed by atoms with Crippen LogP contribution in [0.15, 0.2) is 6.33 Å². The van der Waals surface area contributed by atoms with Crippen molar-refractivity contribution >= 4 is 27.4 Å². The zero-order valence-electron chi connectivity index (χ0n) is 13.1. The molecule has 5 heteroatoms. The fourth-order valence-corrected chi connectivity index (χ4v) is 4.98.